The fraction of sp³-hybridized carbons (Fsp3) is 0.375. The van der Waals surface area contributed by atoms with Gasteiger partial charge in [-0.15, -0.1) is 0 Å². The first-order valence-corrected chi connectivity index (χ1v) is 6.61. The number of aromatic nitrogens is 1. The molecule has 0 aliphatic rings. The molecule has 2 aromatic rings. The van der Waals surface area contributed by atoms with Crippen molar-refractivity contribution in [1.82, 2.24) is 4.98 Å². The van der Waals surface area contributed by atoms with Crippen molar-refractivity contribution >= 4 is 5.88 Å². The van der Waals surface area contributed by atoms with Crippen LogP contribution in [-0.4, -0.2) is 4.98 Å². The molecule has 1 aromatic carbocycles. The van der Waals surface area contributed by atoms with Gasteiger partial charge in [0.1, 0.15) is 6.07 Å². The Kier molecular flexibility index (Phi) is 3.80. The number of benzene rings is 1. The maximum atomic E-state index is 9.12. The number of oxazole rings is 1. The van der Waals surface area contributed by atoms with E-state index in [4.69, 9.17) is 9.68 Å². The molecule has 0 aliphatic heterocycles. The monoisotopic (exact) mass is 269 g/mol. The van der Waals surface area contributed by atoms with Crippen molar-refractivity contribution in [2.24, 2.45) is 0 Å². The lowest BCUT2D eigenvalue weighted by Gasteiger charge is -2.12. The predicted octanol–water partition coefficient (Wildman–Crippen LogP) is 3.76. The molecule has 0 fully saturated rings. The van der Waals surface area contributed by atoms with Gasteiger partial charge in [0, 0.05) is 12.0 Å². The second kappa shape index (κ2) is 5.38. The van der Waals surface area contributed by atoms with E-state index in [9.17, 15) is 0 Å². The Morgan fingerprint density at radius 2 is 1.90 bits per heavy atom. The molecule has 104 valence electrons. The first-order chi connectivity index (χ1) is 9.40. The summed E-state index contributed by atoms with van der Waals surface area (Å²) in [5, 5.41) is 12.3. The molecule has 1 N–H and O–H groups in total. The van der Waals surface area contributed by atoms with E-state index in [0.29, 0.717) is 24.0 Å². The molecule has 0 amide bonds. The maximum Gasteiger partial charge on any atom is 0.232 e. The van der Waals surface area contributed by atoms with Crippen LogP contribution in [0.2, 0.25) is 0 Å². The zero-order valence-electron chi connectivity index (χ0n) is 12.3. The normalized spacial score (nSPS) is 11.2. The van der Waals surface area contributed by atoms with Crippen LogP contribution in [-0.2, 0) is 12.0 Å². The molecule has 0 spiro atoms. The summed E-state index contributed by atoms with van der Waals surface area (Å²) in [5.74, 6) is 1.01. The fourth-order valence-corrected chi connectivity index (χ4v) is 1.72. The van der Waals surface area contributed by atoms with Crippen molar-refractivity contribution in [3.63, 3.8) is 0 Å². The van der Waals surface area contributed by atoms with E-state index >= 15 is 0 Å². The van der Waals surface area contributed by atoms with Crippen LogP contribution in [0.15, 0.2) is 28.7 Å². The van der Waals surface area contributed by atoms with E-state index in [1.807, 2.05) is 20.8 Å². The highest BCUT2D eigenvalue weighted by Gasteiger charge is 2.23. The second-order valence-corrected chi connectivity index (χ2v) is 5.90. The van der Waals surface area contributed by atoms with Gasteiger partial charge in [-0.3, -0.25) is 0 Å². The third kappa shape index (κ3) is 3.18. The summed E-state index contributed by atoms with van der Waals surface area (Å²) in [5.41, 5.74) is 2.45. The third-order valence-corrected chi connectivity index (χ3v) is 2.95. The van der Waals surface area contributed by atoms with E-state index in [2.05, 4.69) is 47.6 Å². The van der Waals surface area contributed by atoms with Crippen LogP contribution >= 0.6 is 0 Å². The average Bonchev–Trinajstić information content (AvgIpc) is 2.81. The first kappa shape index (κ1) is 14.1. The SMILES string of the molecule is Cc1ccc(CNc2oc(C(C)(C)C)nc2C#N)cc1. The molecule has 1 aromatic heterocycles. The summed E-state index contributed by atoms with van der Waals surface area (Å²) >= 11 is 0. The Bertz CT molecular complexity index is 627. The topological polar surface area (TPSA) is 61.9 Å². The standard InChI is InChI=1S/C16H19N3O/c1-11-5-7-12(8-6-11)10-18-14-13(9-17)19-15(20-14)16(2,3)4/h5-8,18H,10H2,1-4H3. The maximum absolute atomic E-state index is 9.12. The van der Waals surface area contributed by atoms with E-state index in [0.717, 1.165) is 5.56 Å². The van der Waals surface area contributed by atoms with Gasteiger partial charge >= 0.3 is 0 Å². The molecule has 20 heavy (non-hydrogen) atoms. The largest absolute Gasteiger partial charge is 0.423 e. The predicted molar refractivity (Wildman–Crippen MR) is 78.4 cm³/mol. The number of nitrogens with zero attached hydrogens (tertiary/aromatic N) is 2. The Balaban J connectivity index is 2.15. The Labute approximate surface area is 119 Å². The van der Waals surface area contributed by atoms with Crippen LogP contribution in [0.3, 0.4) is 0 Å². The summed E-state index contributed by atoms with van der Waals surface area (Å²) in [4.78, 5) is 4.24. The Hall–Kier alpha value is -2.28. The summed E-state index contributed by atoms with van der Waals surface area (Å²) in [6, 6.07) is 10.3. The van der Waals surface area contributed by atoms with Crippen molar-refractivity contribution in [2.45, 2.75) is 39.7 Å². The number of nitrogens with one attached hydrogen (secondary N) is 1. The number of hydrogen-bond acceptors (Lipinski definition) is 4. The summed E-state index contributed by atoms with van der Waals surface area (Å²) in [6.45, 7) is 8.67. The first-order valence-electron chi connectivity index (χ1n) is 6.61. The molecule has 0 radical (unpaired) electrons. The van der Waals surface area contributed by atoms with Crippen molar-refractivity contribution in [2.75, 3.05) is 5.32 Å². The smallest absolute Gasteiger partial charge is 0.232 e. The molecule has 0 saturated carbocycles. The minimum absolute atomic E-state index is 0.213. The molecule has 0 unspecified atom stereocenters. The van der Waals surface area contributed by atoms with Gasteiger partial charge in [-0.2, -0.15) is 10.2 Å². The van der Waals surface area contributed by atoms with Crippen LogP contribution in [0.25, 0.3) is 0 Å². The Morgan fingerprint density at radius 1 is 1.25 bits per heavy atom. The highest BCUT2D eigenvalue weighted by Crippen LogP contribution is 2.26. The van der Waals surface area contributed by atoms with Crippen molar-refractivity contribution in [3.05, 3.63) is 47.0 Å². The molecule has 0 bridgehead atoms. The summed E-state index contributed by atoms with van der Waals surface area (Å²) in [7, 11) is 0. The molecular weight excluding hydrogens is 250 g/mol. The molecule has 4 nitrogen and oxygen atoms in total. The number of anilines is 1. The third-order valence-electron chi connectivity index (χ3n) is 2.95. The van der Waals surface area contributed by atoms with Crippen molar-refractivity contribution in [3.8, 4) is 6.07 Å². The lowest BCUT2D eigenvalue weighted by molar-refractivity contribution is 0.399. The highest BCUT2D eigenvalue weighted by molar-refractivity contribution is 5.46. The molecule has 2 rings (SSSR count). The highest BCUT2D eigenvalue weighted by atomic mass is 16.4. The van der Waals surface area contributed by atoms with Gasteiger partial charge in [0.15, 0.2) is 0 Å². The number of hydrogen-bond donors (Lipinski definition) is 1. The van der Waals surface area contributed by atoms with Crippen molar-refractivity contribution < 1.29 is 4.42 Å². The van der Waals surface area contributed by atoms with Gasteiger partial charge in [-0.1, -0.05) is 50.6 Å². The van der Waals surface area contributed by atoms with Gasteiger partial charge in [-0.25, -0.2) is 0 Å². The minimum Gasteiger partial charge on any atom is -0.423 e. The van der Waals surface area contributed by atoms with Gasteiger partial charge in [0.25, 0.3) is 0 Å². The van der Waals surface area contributed by atoms with Gasteiger partial charge < -0.3 is 9.73 Å². The van der Waals surface area contributed by atoms with Gasteiger partial charge in [0.05, 0.1) is 0 Å². The molecule has 0 atom stereocenters. The Morgan fingerprint density at radius 3 is 2.45 bits per heavy atom. The quantitative estimate of drug-likeness (QED) is 0.921. The second-order valence-electron chi connectivity index (χ2n) is 5.90. The fourth-order valence-electron chi connectivity index (χ4n) is 1.72. The molecule has 4 heteroatoms. The number of aryl methyl sites for hydroxylation is 1. The van der Waals surface area contributed by atoms with E-state index < -0.39 is 0 Å². The molecule has 0 saturated heterocycles. The van der Waals surface area contributed by atoms with E-state index in [1.54, 1.807) is 0 Å². The minimum atomic E-state index is -0.213. The van der Waals surface area contributed by atoms with Crippen LogP contribution in [0.4, 0.5) is 5.88 Å². The lowest BCUT2D eigenvalue weighted by atomic mass is 9.97. The van der Waals surface area contributed by atoms with E-state index in [1.165, 1.54) is 5.56 Å². The van der Waals surface area contributed by atoms with Crippen LogP contribution in [0, 0.1) is 18.3 Å². The molecular formula is C16H19N3O. The van der Waals surface area contributed by atoms with Crippen LogP contribution in [0.5, 0.6) is 0 Å². The molecule has 1 heterocycles. The average molecular weight is 269 g/mol. The zero-order chi connectivity index (χ0) is 14.8. The molecule has 0 aliphatic carbocycles. The van der Waals surface area contributed by atoms with Gasteiger partial charge in [-0.05, 0) is 12.5 Å². The summed E-state index contributed by atoms with van der Waals surface area (Å²) in [6.07, 6.45) is 0. The van der Waals surface area contributed by atoms with Crippen LogP contribution in [0.1, 0.15) is 43.5 Å². The van der Waals surface area contributed by atoms with Gasteiger partial charge in [0.2, 0.25) is 17.5 Å². The number of nitriles is 1. The number of rotatable bonds is 3. The zero-order valence-corrected chi connectivity index (χ0v) is 12.3. The summed E-state index contributed by atoms with van der Waals surface area (Å²) < 4.78 is 5.67. The lowest BCUT2D eigenvalue weighted by Crippen LogP contribution is -2.11. The van der Waals surface area contributed by atoms with Crippen LogP contribution < -0.4 is 5.32 Å². The van der Waals surface area contributed by atoms with E-state index in [-0.39, 0.29) is 5.41 Å². The van der Waals surface area contributed by atoms with Crippen molar-refractivity contribution in [1.29, 1.82) is 5.26 Å².